The smallest absolute Gasteiger partial charge is 0.340 e. The van der Waals surface area contributed by atoms with Crippen LogP contribution in [-0.4, -0.2) is 6.54 Å². The van der Waals surface area contributed by atoms with Crippen LogP contribution in [0.15, 0.2) is 48.5 Å². The Morgan fingerprint density at radius 1 is 0.800 bits per heavy atom. The van der Waals surface area contributed by atoms with Crippen molar-refractivity contribution in [2.24, 2.45) is 0 Å². The van der Waals surface area contributed by atoms with Crippen LogP contribution in [0.5, 0.6) is 0 Å². The van der Waals surface area contributed by atoms with Gasteiger partial charge in [-0.2, -0.15) is 31.6 Å². The molecule has 0 saturated carbocycles. The molecule has 0 unspecified atom stereocenters. The molecule has 0 heterocycles. The monoisotopic (exact) mass is 358 g/mol. The summed E-state index contributed by atoms with van der Waals surface area (Å²) in [5, 5.41) is 8.74. The van der Waals surface area contributed by atoms with Gasteiger partial charge in [-0.15, -0.1) is 0 Å². The predicted molar refractivity (Wildman–Crippen MR) is 80.1 cm³/mol. The maximum Gasteiger partial charge on any atom is 0.416 e. The van der Waals surface area contributed by atoms with Crippen molar-refractivity contribution in [3.05, 3.63) is 59.7 Å². The molecule has 0 aliphatic carbocycles. The average molecular weight is 358 g/mol. The summed E-state index contributed by atoms with van der Waals surface area (Å²) in [4.78, 5) is 1.26. The molecule has 0 spiro atoms. The fourth-order valence-corrected chi connectivity index (χ4v) is 2.27. The van der Waals surface area contributed by atoms with E-state index in [-0.39, 0.29) is 24.3 Å². The molecule has 2 rings (SSSR count). The Morgan fingerprint density at radius 2 is 1.24 bits per heavy atom. The third-order valence-electron chi connectivity index (χ3n) is 3.42. The minimum atomic E-state index is -4.58. The Kier molecular flexibility index (Phi) is 5.26. The molecular weight excluding hydrogens is 346 g/mol. The highest BCUT2D eigenvalue weighted by atomic mass is 19.4. The molecule has 132 valence electrons. The lowest BCUT2D eigenvalue weighted by atomic mass is 10.1. The number of rotatable bonds is 4. The second kappa shape index (κ2) is 7.05. The van der Waals surface area contributed by atoms with E-state index in [2.05, 4.69) is 0 Å². The third kappa shape index (κ3) is 4.66. The van der Waals surface area contributed by atoms with Crippen molar-refractivity contribution in [2.45, 2.75) is 18.8 Å². The second-order valence-corrected chi connectivity index (χ2v) is 5.16. The molecule has 0 bridgehead atoms. The van der Waals surface area contributed by atoms with Crippen LogP contribution < -0.4 is 4.90 Å². The highest BCUT2D eigenvalue weighted by Crippen LogP contribution is 2.36. The van der Waals surface area contributed by atoms with Crippen LogP contribution in [0.1, 0.15) is 17.5 Å². The summed E-state index contributed by atoms with van der Waals surface area (Å²) in [6.45, 7) is -0.0425. The van der Waals surface area contributed by atoms with Crippen LogP contribution >= 0.6 is 0 Å². The fourth-order valence-electron chi connectivity index (χ4n) is 2.27. The van der Waals surface area contributed by atoms with E-state index in [4.69, 9.17) is 5.26 Å². The number of benzene rings is 2. The maximum absolute atomic E-state index is 12.9. The van der Waals surface area contributed by atoms with Gasteiger partial charge in [-0.1, -0.05) is 12.1 Å². The van der Waals surface area contributed by atoms with Gasteiger partial charge in [-0.3, -0.25) is 0 Å². The summed E-state index contributed by atoms with van der Waals surface area (Å²) in [5.74, 6) is 0. The zero-order valence-corrected chi connectivity index (χ0v) is 12.7. The van der Waals surface area contributed by atoms with Crippen molar-refractivity contribution < 1.29 is 26.3 Å². The van der Waals surface area contributed by atoms with Crippen molar-refractivity contribution in [2.75, 3.05) is 11.4 Å². The molecule has 0 atom stereocenters. The van der Waals surface area contributed by atoms with Gasteiger partial charge in [0.05, 0.1) is 23.6 Å². The van der Waals surface area contributed by atoms with E-state index in [1.807, 2.05) is 6.07 Å². The van der Waals surface area contributed by atoms with E-state index in [9.17, 15) is 26.3 Å². The van der Waals surface area contributed by atoms with Gasteiger partial charge >= 0.3 is 12.4 Å². The molecule has 0 N–H and O–H groups in total. The summed E-state index contributed by atoms with van der Waals surface area (Å²) in [7, 11) is 0. The molecule has 0 aliphatic heterocycles. The SMILES string of the molecule is N#CCCN(c1cccc(C(F)(F)F)c1)c1cccc(C(F)(F)F)c1. The summed E-state index contributed by atoms with van der Waals surface area (Å²) >= 11 is 0. The molecule has 0 fully saturated rings. The normalized spacial score (nSPS) is 11.9. The molecule has 8 heteroatoms. The van der Waals surface area contributed by atoms with Crippen LogP contribution in [-0.2, 0) is 12.4 Å². The zero-order valence-electron chi connectivity index (χ0n) is 12.7. The minimum Gasteiger partial charge on any atom is -0.340 e. The topological polar surface area (TPSA) is 27.0 Å². The second-order valence-electron chi connectivity index (χ2n) is 5.16. The molecular formula is C17H12F6N2. The number of alkyl halides is 6. The number of nitriles is 1. The number of halogens is 6. The highest BCUT2D eigenvalue weighted by molar-refractivity contribution is 5.65. The first-order valence-corrected chi connectivity index (χ1v) is 7.12. The number of hydrogen-bond acceptors (Lipinski definition) is 2. The van der Waals surface area contributed by atoms with Crippen molar-refractivity contribution in [3.63, 3.8) is 0 Å². The average Bonchev–Trinajstić information content (AvgIpc) is 2.54. The summed E-state index contributed by atoms with van der Waals surface area (Å²) in [6.07, 6.45) is -9.22. The zero-order chi connectivity index (χ0) is 18.7. The first-order valence-electron chi connectivity index (χ1n) is 7.12. The first-order chi connectivity index (χ1) is 11.6. The van der Waals surface area contributed by atoms with Crippen molar-refractivity contribution in [1.29, 1.82) is 5.26 Å². The van der Waals surface area contributed by atoms with Gasteiger partial charge in [0.25, 0.3) is 0 Å². The van der Waals surface area contributed by atoms with E-state index < -0.39 is 23.5 Å². The van der Waals surface area contributed by atoms with E-state index in [0.29, 0.717) is 0 Å². The number of nitrogens with zero attached hydrogens (tertiary/aromatic N) is 2. The minimum absolute atomic E-state index is 0.0425. The highest BCUT2D eigenvalue weighted by Gasteiger charge is 2.32. The lowest BCUT2D eigenvalue weighted by Gasteiger charge is -2.25. The Balaban J connectivity index is 2.49. The van der Waals surface area contributed by atoms with Gasteiger partial charge in [-0.25, -0.2) is 0 Å². The summed E-state index contributed by atoms with van der Waals surface area (Å²) in [6, 6.07) is 10.3. The van der Waals surface area contributed by atoms with Crippen LogP contribution in [0.25, 0.3) is 0 Å². The molecule has 0 aliphatic rings. The lowest BCUT2D eigenvalue weighted by Crippen LogP contribution is -2.19. The number of hydrogen-bond donors (Lipinski definition) is 0. The lowest BCUT2D eigenvalue weighted by molar-refractivity contribution is -0.138. The Labute approximate surface area is 139 Å². The molecule has 2 nitrogen and oxygen atoms in total. The quantitative estimate of drug-likeness (QED) is 0.648. The van der Waals surface area contributed by atoms with E-state index in [1.165, 1.54) is 29.2 Å². The molecule has 0 radical (unpaired) electrons. The largest absolute Gasteiger partial charge is 0.416 e. The Hall–Kier alpha value is -2.69. The van der Waals surface area contributed by atoms with E-state index in [1.54, 1.807) is 0 Å². The Morgan fingerprint density at radius 3 is 1.60 bits per heavy atom. The molecule has 2 aromatic carbocycles. The molecule has 0 amide bonds. The number of anilines is 2. The van der Waals surface area contributed by atoms with Gasteiger partial charge < -0.3 is 4.90 Å². The molecule has 25 heavy (non-hydrogen) atoms. The van der Waals surface area contributed by atoms with Gasteiger partial charge in [0.15, 0.2) is 0 Å². The van der Waals surface area contributed by atoms with E-state index >= 15 is 0 Å². The van der Waals surface area contributed by atoms with Crippen molar-refractivity contribution >= 4 is 11.4 Å². The van der Waals surface area contributed by atoms with Gasteiger partial charge in [0.1, 0.15) is 0 Å². The van der Waals surface area contributed by atoms with Crippen LogP contribution in [0, 0.1) is 11.3 Å². The predicted octanol–water partition coefficient (Wildman–Crippen LogP) is 5.78. The molecule has 0 saturated heterocycles. The van der Waals surface area contributed by atoms with Crippen molar-refractivity contribution in [1.82, 2.24) is 0 Å². The fraction of sp³-hybridized carbons (Fsp3) is 0.235. The standard InChI is InChI=1S/C17H12F6N2/c18-16(19,20)12-4-1-6-14(10-12)25(9-3-8-24)15-7-2-5-13(11-15)17(21,22)23/h1-2,4-7,10-11H,3,9H2. The first kappa shape index (κ1) is 18.6. The van der Waals surface area contributed by atoms with Gasteiger partial charge in [0.2, 0.25) is 0 Å². The van der Waals surface area contributed by atoms with Crippen LogP contribution in [0.3, 0.4) is 0 Å². The molecule has 0 aromatic heterocycles. The Bertz CT molecular complexity index is 716. The molecule has 2 aromatic rings. The van der Waals surface area contributed by atoms with Crippen molar-refractivity contribution in [3.8, 4) is 6.07 Å². The van der Waals surface area contributed by atoms with E-state index in [0.717, 1.165) is 24.3 Å². The summed E-state index contributed by atoms with van der Waals surface area (Å²) < 4.78 is 77.3. The van der Waals surface area contributed by atoms with Gasteiger partial charge in [0, 0.05) is 17.9 Å². The maximum atomic E-state index is 12.9. The third-order valence-corrected chi connectivity index (χ3v) is 3.42. The van der Waals surface area contributed by atoms with Crippen LogP contribution in [0.4, 0.5) is 37.7 Å². The van der Waals surface area contributed by atoms with Crippen LogP contribution in [0.2, 0.25) is 0 Å². The van der Waals surface area contributed by atoms with Gasteiger partial charge in [-0.05, 0) is 36.4 Å². The summed E-state index contributed by atoms with van der Waals surface area (Å²) in [5.41, 5.74) is -1.72.